The molecule has 0 spiro atoms. The summed E-state index contributed by atoms with van der Waals surface area (Å²) in [5, 5.41) is 9.01. The van der Waals surface area contributed by atoms with Crippen LogP contribution in [0.3, 0.4) is 0 Å². The van der Waals surface area contributed by atoms with E-state index in [4.69, 9.17) is 33.0 Å². The van der Waals surface area contributed by atoms with E-state index >= 15 is 0 Å². The summed E-state index contributed by atoms with van der Waals surface area (Å²) < 4.78 is 4.69. The van der Waals surface area contributed by atoms with Gasteiger partial charge in [0.15, 0.2) is 0 Å². The van der Waals surface area contributed by atoms with Crippen molar-refractivity contribution in [2.45, 2.75) is 4.84 Å². The zero-order chi connectivity index (χ0) is 9.84. The average Bonchev–Trinajstić information content (AvgIpc) is 2.04. The Hall–Kier alpha value is -0.930. The summed E-state index contributed by atoms with van der Waals surface area (Å²) in [5.74, 6) is -0.559. The second-order valence-electron chi connectivity index (χ2n) is 2.22. The summed E-state index contributed by atoms with van der Waals surface area (Å²) in [6.45, 7) is 0. The molecule has 1 aromatic rings. The number of benzene rings is 1. The molecule has 0 saturated carbocycles. The number of hydrogen-bond donors (Lipinski definition) is 1. The van der Waals surface area contributed by atoms with Crippen LogP contribution in [0.15, 0.2) is 24.3 Å². The molecule has 0 heterocycles. The third-order valence-electron chi connectivity index (χ3n) is 1.21. The van der Waals surface area contributed by atoms with Crippen molar-refractivity contribution in [2.75, 3.05) is 0 Å². The molecule has 13 heavy (non-hydrogen) atoms. The van der Waals surface area contributed by atoms with Crippen molar-refractivity contribution in [3.8, 4) is 11.5 Å². The molecule has 0 saturated heterocycles. The predicted molar refractivity (Wildman–Crippen MR) is 49.2 cm³/mol. The normalized spacial score (nSPS) is 10.1. The molecule has 0 fully saturated rings. The molecule has 1 aromatic carbocycles. The Kier molecular flexibility index (Phi) is 3.39. The minimum absolute atomic E-state index is 0.00555. The minimum Gasteiger partial charge on any atom is -0.508 e. The highest BCUT2D eigenvalue weighted by Crippen LogP contribution is 2.19. The third kappa shape index (κ3) is 3.13. The first kappa shape index (κ1) is 10.2. The Labute approximate surface area is 84.8 Å². The van der Waals surface area contributed by atoms with E-state index in [-0.39, 0.29) is 11.5 Å². The van der Waals surface area contributed by atoms with E-state index < -0.39 is 10.8 Å². The lowest BCUT2D eigenvalue weighted by atomic mass is 10.3. The van der Waals surface area contributed by atoms with Crippen LogP contribution in [-0.4, -0.2) is 15.9 Å². The topological polar surface area (TPSA) is 46.5 Å². The molecule has 0 atom stereocenters. The number of carbonyl (C=O) groups is 1. The molecular formula is C8H6Cl2O3. The number of halogens is 2. The smallest absolute Gasteiger partial charge is 0.344 e. The predicted octanol–water partition coefficient (Wildman–Crippen LogP) is 2.10. The monoisotopic (exact) mass is 220 g/mol. The molecule has 0 aliphatic rings. The van der Waals surface area contributed by atoms with Gasteiger partial charge < -0.3 is 9.84 Å². The highest BCUT2D eigenvalue weighted by atomic mass is 35.5. The van der Waals surface area contributed by atoms with Crippen LogP contribution in [0.25, 0.3) is 0 Å². The summed E-state index contributed by atoms with van der Waals surface area (Å²) in [7, 11) is 0. The van der Waals surface area contributed by atoms with Gasteiger partial charge in [0.05, 0.1) is 0 Å². The molecule has 0 unspecified atom stereocenters. The van der Waals surface area contributed by atoms with Crippen molar-refractivity contribution < 1.29 is 14.6 Å². The highest BCUT2D eigenvalue weighted by Gasteiger charge is 2.13. The van der Waals surface area contributed by atoms with Crippen LogP contribution in [0.1, 0.15) is 0 Å². The first-order valence-electron chi connectivity index (χ1n) is 3.38. The zero-order valence-electron chi connectivity index (χ0n) is 6.41. The molecular weight excluding hydrogens is 215 g/mol. The van der Waals surface area contributed by atoms with Gasteiger partial charge in [0.1, 0.15) is 11.5 Å². The molecule has 0 amide bonds. The maximum atomic E-state index is 10.9. The zero-order valence-corrected chi connectivity index (χ0v) is 7.92. The second kappa shape index (κ2) is 4.35. The number of alkyl halides is 2. The lowest BCUT2D eigenvalue weighted by Crippen LogP contribution is -2.15. The van der Waals surface area contributed by atoms with Crippen molar-refractivity contribution in [3.05, 3.63) is 24.3 Å². The fraction of sp³-hybridized carbons (Fsp3) is 0.125. The standard InChI is InChI=1S/C8H6Cl2O3/c9-7(10)8(12)13-6-3-1-2-5(11)4-6/h1-4,7,11H. The van der Waals surface area contributed by atoms with Crippen LogP contribution >= 0.6 is 23.2 Å². The van der Waals surface area contributed by atoms with Crippen LogP contribution in [0.4, 0.5) is 0 Å². The van der Waals surface area contributed by atoms with E-state index in [1.165, 1.54) is 24.3 Å². The Morgan fingerprint density at radius 1 is 1.46 bits per heavy atom. The summed E-state index contributed by atoms with van der Waals surface area (Å²) in [4.78, 5) is 9.64. The molecule has 3 nitrogen and oxygen atoms in total. The number of phenolic OH excluding ortho intramolecular Hbond substituents is 1. The van der Waals surface area contributed by atoms with Crippen molar-refractivity contribution in [2.24, 2.45) is 0 Å². The first-order valence-corrected chi connectivity index (χ1v) is 4.26. The van der Waals surface area contributed by atoms with Crippen LogP contribution < -0.4 is 4.74 Å². The minimum atomic E-state index is -1.22. The summed E-state index contributed by atoms with van der Waals surface area (Å²) in [6, 6.07) is 5.79. The molecule has 1 rings (SSSR count). The van der Waals surface area contributed by atoms with E-state index in [1.54, 1.807) is 0 Å². The van der Waals surface area contributed by atoms with Gasteiger partial charge in [-0.3, -0.25) is 0 Å². The van der Waals surface area contributed by atoms with Crippen molar-refractivity contribution in [1.82, 2.24) is 0 Å². The van der Waals surface area contributed by atoms with Gasteiger partial charge in [0.25, 0.3) is 0 Å². The number of aromatic hydroxyl groups is 1. The fourth-order valence-corrected chi connectivity index (χ4v) is 0.797. The summed E-state index contributed by atoms with van der Waals surface area (Å²) in [5.41, 5.74) is 0. The van der Waals surface area contributed by atoms with Crippen molar-refractivity contribution in [1.29, 1.82) is 0 Å². The number of ether oxygens (including phenoxy) is 1. The SMILES string of the molecule is O=C(Oc1cccc(O)c1)C(Cl)Cl. The number of carbonyl (C=O) groups excluding carboxylic acids is 1. The van der Waals surface area contributed by atoms with Crippen LogP contribution in [-0.2, 0) is 4.79 Å². The molecule has 0 aliphatic heterocycles. The number of phenols is 1. The van der Waals surface area contributed by atoms with E-state index in [0.717, 1.165) is 0 Å². The third-order valence-corrected chi connectivity index (χ3v) is 1.57. The molecule has 0 bridgehead atoms. The van der Waals surface area contributed by atoms with E-state index in [9.17, 15) is 4.79 Å². The van der Waals surface area contributed by atoms with Crippen LogP contribution in [0.5, 0.6) is 11.5 Å². The summed E-state index contributed by atoms with van der Waals surface area (Å²) in [6.07, 6.45) is 0. The molecule has 0 aliphatic carbocycles. The molecule has 0 radical (unpaired) electrons. The Morgan fingerprint density at radius 3 is 2.69 bits per heavy atom. The highest BCUT2D eigenvalue weighted by molar-refractivity contribution is 6.53. The maximum Gasteiger partial charge on any atom is 0.344 e. The number of rotatable bonds is 2. The van der Waals surface area contributed by atoms with Gasteiger partial charge in [-0.05, 0) is 12.1 Å². The van der Waals surface area contributed by atoms with Crippen molar-refractivity contribution >= 4 is 29.2 Å². The van der Waals surface area contributed by atoms with E-state index in [1.807, 2.05) is 0 Å². The number of esters is 1. The Balaban J connectivity index is 2.69. The largest absolute Gasteiger partial charge is 0.508 e. The Bertz CT molecular complexity index is 312. The maximum absolute atomic E-state index is 10.9. The van der Waals surface area contributed by atoms with Gasteiger partial charge in [-0.1, -0.05) is 29.3 Å². The molecule has 5 heteroatoms. The lowest BCUT2D eigenvalue weighted by molar-refractivity contribution is -0.132. The van der Waals surface area contributed by atoms with Gasteiger partial charge in [-0.15, -0.1) is 0 Å². The van der Waals surface area contributed by atoms with Crippen LogP contribution in [0, 0.1) is 0 Å². The van der Waals surface area contributed by atoms with Gasteiger partial charge in [-0.2, -0.15) is 0 Å². The lowest BCUT2D eigenvalue weighted by Gasteiger charge is -2.03. The first-order chi connectivity index (χ1) is 6.09. The molecule has 70 valence electrons. The molecule has 0 aromatic heterocycles. The quantitative estimate of drug-likeness (QED) is 0.472. The second-order valence-corrected chi connectivity index (χ2v) is 3.32. The summed E-state index contributed by atoms with van der Waals surface area (Å²) >= 11 is 10.5. The van der Waals surface area contributed by atoms with Gasteiger partial charge in [0.2, 0.25) is 4.84 Å². The van der Waals surface area contributed by atoms with Crippen LogP contribution in [0.2, 0.25) is 0 Å². The number of hydrogen-bond acceptors (Lipinski definition) is 3. The van der Waals surface area contributed by atoms with Gasteiger partial charge >= 0.3 is 5.97 Å². The van der Waals surface area contributed by atoms with Crippen molar-refractivity contribution in [3.63, 3.8) is 0 Å². The van der Waals surface area contributed by atoms with E-state index in [0.29, 0.717) is 0 Å². The van der Waals surface area contributed by atoms with Gasteiger partial charge in [-0.25, -0.2) is 4.79 Å². The van der Waals surface area contributed by atoms with Gasteiger partial charge in [0, 0.05) is 6.07 Å². The fourth-order valence-electron chi connectivity index (χ4n) is 0.708. The Morgan fingerprint density at radius 2 is 2.15 bits per heavy atom. The van der Waals surface area contributed by atoms with E-state index in [2.05, 4.69) is 0 Å². The molecule has 1 N–H and O–H groups in total. The average molecular weight is 221 g/mol.